The Bertz CT molecular complexity index is 805. The minimum Gasteiger partial charge on any atom is -0.497 e. The molecule has 0 aliphatic heterocycles. The molecule has 0 aliphatic carbocycles. The summed E-state index contributed by atoms with van der Waals surface area (Å²) in [6.45, 7) is -0.0171. The van der Waals surface area contributed by atoms with E-state index in [1.54, 1.807) is 52.6 Å². The normalized spacial score (nSPS) is 10.1. The van der Waals surface area contributed by atoms with Gasteiger partial charge in [0.25, 0.3) is 0 Å². The Morgan fingerprint density at radius 1 is 0.929 bits per heavy atom. The third-order valence-electron chi connectivity index (χ3n) is 4.26. The molecule has 0 heterocycles. The lowest BCUT2D eigenvalue weighted by Gasteiger charge is -2.17. The molecule has 0 aliphatic rings. The molecular weight excluding hydrogens is 360 g/mol. The maximum Gasteiger partial charge on any atom is 0.243 e. The molecule has 7 nitrogen and oxygen atoms in total. The molecule has 0 aromatic heterocycles. The van der Waals surface area contributed by atoms with E-state index in [-0.39, 0.29) is 18.4 Å². The van der Waals surface area contributed by atoms with Crippen molar-refractivity contribution in [2.45, 2.75) is 12.8 Å². The smallest absolute Gasteiger partial charge is 0.243 e. The van der Waals surface area contributed by atoms with Crippen molar-refractivity contribution in [2.75, 3.05) is 40.2 Å². The van der Waals surface area contributed by atoms with Crippen molar-refractivity contribution in [3.63, 3.8) is 0 Å². The van der Waals surface area contributed by atoms with Gasteiger partial charge in [-0.1, -0.05) is 6.07 Å². The van der Waals surface area contributed by atoms with Crippen LogP contribution in [-0.4, -0.2) is 51.6 Å². The Kier molecular flexibility index (Phi) is 7.68. The van der Waals surface area contributed by atoms with Gasteiger partial charge in [-0.3, -0.25) is 9.59 Å². The third kappa shape index (κ3) is 5.90. The Labute approximate surface area is 165 Å². The van der Waals surface area contributed by atoms with Crippen molar-refractivity contribution in [3.8, 4) is 17.2 Å². The molecule has 150 valence electrons. The molecule has 1 N–H and O–H groups in total. The van der Waals surface area contributed by atoms with Gasteiger partial charge in [0.1, 0.15) is 5.75 Å². The number of carbonyl (C=O) groups excluding carboxylic acids is 2. The summed E-state index contributed by atoms with van der Waals surface area (Å²) in [5, 5.41) is 2.76. The molecule has 0 saturated heterocycles. The molecule has 0 saturated carbocycles. The van der Waals surface area contributed by atoms with E-state index in [2.05, 4.69) is 5.32 Å². The lowest BCUT2D eigenvalue weighted by atomic mass is 10.1. The molecular formula is C21H26N2O5. The summed E-state index contributed by atoms with van der Waals surface area (Å²) in [6.07, 6.45) is 0.839. The van der Waals surface area contributed by atoms with Crippen LogP contribution in [0.15, 0.2) is 42.5 Å². The summed E-state index contributed by atoms with van der Waals surface area (Å²) in [6, 6.07) is 12.6. The van der Waals surface area contributed by atoms with Gasteiger partial charge in [-0.05, 0) is 48.4 Å². The average Bonchev–Trinajstić information content (AvgIpc) is 2.72. The minimum absolute atomic E-state index is 0.0171. The van der Waals surface area contributed by atoms with Gasteiger partial charge in [-0.25, -0.2) is 0 Å². The van der Waals surface area contributed by atoms with Crippen molar-refractivity contribution in [2.24, 2.45) is 0 Å². The second-order valence-electron chi connectivity index (χ2n) is 6.22. The molecule has 2 rings (SSSR count). The zero-order chi connectivity index (χ0) is 20.5. The van der Waals surface area contributed by atoms with Gasteiger partial charge >= 0.3 is 0 Å². The SMILES string of the molecule is COc1ccc(NC(=O)CN(C)C(=O)CCc2ccc(OC)c(OC)c2)cc1. The van der Waals surface area contributed by atoms with Crippen LogP contribution in [0.3, 0.4) is 0 Å². The van der Waals surface area contributed by atoms with Crippen LogP contribution in [0.5, 0.6) is 17.2 Å². The molecule has 2 aromatic carbocycles. The fraction of sp³-hybridized carbons (Fsp3) is 0.333. The zero-order valence-corrected chi connectivity index (χ0v) is 16.7. The van der Waals surface area contributed by atoms with Crippen LogP contribution < -0.4 is 19.5 Å². The predicted molar refractivity (Wildman–Crippen MR) is 107 cm³/mol. The second kappa shape index (κ2) is 10.2. The number of ether oxygens (including phenoxy) is 3. The van der Waals surface area contributed by atoms with Crippen molar-refractivity contribution in [1.82, 2.24) is 4.90 Å². The number of benzene rings is 2. The van der Waals surface area contributed by atoms with Crippen LogP contribution in [0.1, 0.15) is 12.0 Å². The maximum absolute atomic E-state index is 12.3. The monoisotopic (exact) mass is 386 g/mol. The fourth-order valence-corrected chi connectivity index (χ4v) is 2.66. The van der Waals surface area contributed by atoms with E-state index in [0.717, 1.165) is 5.56 Å². The number of carbonyl (C=O) groups is 2. The number of hydrogen-bond acceptors (Lipinski definition) is 5. The summed E-state index contributed by atoms with van der Waals surface area (Å²) in [5.74, 6) is 1.61. The predicted octanol–water partition coefficient (Wildman–Crippen LogP) is 2.74. The molecule has 0 spiro atoms. The molecule has 28 heavy (non-hydrogen) atoms. The number of nitrogens with one attached hydrogen (secondary N) is 1. The van der Waals surface area contributed by atoms with Crippen LogP contribution in [-0.2, 0) is 16.0 Å². The number of aryl methyl sites for hydroxylation is 1. The number of likely N-dealkylation sites (N-methyl/N-ethyl adjacent to an activating group) is 1. The van der Waals surface area contributed by atoms with Crippen LogP contribution in [0.25, 0.3) is 0 Å². The lowest BCUT2D eigenvalue weighted by Crippen LogP contribution is -2.35. The van der Waals surface area contributed by atoms with E-state index >= 15 is 0 Å². The first kappa shape index (κ1) is 21.1. The Morgan fingerprint density at radius 3 is 2.21 bits per heavy atom. The lowest BCUT2D eigenvalue weighted by molar-refractivity contribution is -0.133. The number of rotatable bonds is 9. The standard InChI is InChI=1S/C21H26N2O5/c1-23(14-20(24)22-16-7-9-17(26-2)10-8-16)21(25)12-6-15-5-11-18(27-3)19(13-15)28-4/h5,7-11,13H,6,12,14H2,1-4H3,(H,22,24). The Morgan fingerprint density at radius 2 is 1.61 bits per heavy atom. The number of anilines is 1. The highest BCUT2D eigenvalue weighted by atomic mass is 16.5. The molecule has 0 atom stereocenters. The average molecular weight is 386 g/mol. The highest BCUT2D eigenvalue weighted by molar-refractivity contribution is 5.94. The molecule has 0 radical (unpaired) electrons. The minimum atomic E-state index is -0.257. The van der Waals surface area contributed by atoms with Gasteiger partial charge in [0.05, 0.1) is 27.9 Å². The second-order valence-corrected chi connectivity index (χ2v) is 6.22. The summed E-state index contributed by atoms with van der Waals surface area (Å²) in [4.78, 5) is 25.9. The highest BCUT2D eigenvalue weighted by Gasteiger charge is 2.14. The van der Waals surface area contributed by atoms with Gasteiger partial charge < -0.3 is 24.4 Å². The van der Waals surface area contributed by atoms with Crippen molar-refractivity contribution in [3.05, 3.63) is 48.0 Å². The molecule has 0 fully saturated rings. The Hall–Kier alpha value is -3.22. The fourth-order valence-electron chi connectivity index (χ4n) is 2.66. The van der Waals surface area contributed by atoms with Gasteiger partial charge in [0.2, 0.25) is 11.8 Å². The summed E-state index contributed by atoms with van der Waals surface area (Å²) < 4.78 is 15.6. The Balaban J connectivity index is 1.84. The van der Waals surface area contributed by atoms with E-state index in [1.807, 2.05) is 18.2 Å². The summed E-state index contributed by atoms with van der Waals surface area (Å²) >= 11 is 0. The first-order valence-corrected chi connectivity index (χ1v) is 8.85. The summed E-state index contributed by atoms with van der Waals surface area (Å²) in [7, 11) is 6.34. The number of nitrogens with zero attached hydrogens (tertiary/aromatic N) is 1. The first-order chi connectivity index (χ1) is 13.5. The first-order valence-electron chi connectivity index (χ1n) is 8.85. The topological polar surface area (TPSA) is 77.1 Å². The van der Waals surface area contributed by atoms with Crippen LogP contribution >= 0.6 is 0 Å². The van der Waals surface area contributed by atoms with E-state index < -0.39 is 0 Å². The largest absolute Gasteiger partial charge is 0.497 e. The number of methoxy groups -OCH3 is 3. The van der Waals surface area contributed by atoms with Gasteiger partial charge in [0.15, 0.2) is 11.5 Å². The summed E-state index contributed by atoms with van der Waals surface area (Å²) in [5.41, 5.74) is 1.61. The highest BCUT2D eigenvalue weighted by Crippen LogP contribution is 2.28. The zero-order valence-electron chi connectivity index (χ0n) is 16.7. The van der Waals surface area contributed by atoms with Crippen LogP contribution in [0.4, 0.5) is 5.69 Å². The van der Waals surface area contributed by atoms with E-state index in [4.69, 9.17) is 14.2 Å². The molecule has 2 aromatic rings. The molecule has 7 heteroatoms. The van der Waals surface area contributed by atoms with Gasteiger partial charge in [0, 0.05) is 19.2 Å². The number of hydrogen-bond donors (Lipinski definition) is 1. The van der Waals surface area contributed by atoms with Gasteiger partial charge in [-0.2, -0.15) is 0 Å². The van der Waals surface area contributed by atoms with Gasteiger partial charge in [-0.15, -0.1) is 0 Å². The third-order valence-corrected chi connectivity index (χ3v) is 4.26. The molecule has 2 amide bonds. The van der Waals surface area contributed by atoms with Crippen molar-refractivity contribution >= 4 is 17.5 Å². The van der Waals surface area contributed by atoms with Crippen LogP contribution in [0.2, 0.25) is 0 Å². The van der Waals surface area contributed by atoms with Crippen molar-refractivity contribution in [1.29, 1.82) is 0 Å². The quantitative estimate of drug-likeness (QED) is 0.717. The van der Waals surface area contributed by atoms with E-state index in [0.29, 0.717) is 35.8 Å². The van der Waals surface area contributed by atoms with Crippen LogP contribution in [0, 0.1) is 0 Å². The molecule has 0 bridgehead atoms. The maximum atomic E-state index is 12.3. The molecule has 0 unspecified atom stereocenters. The number of amides is 2. The van der Waals surface area contributed by atoms with E-state index in [9.17, 15) is 9.59 Å². The van der Waals surface area contributed by atoms with E-state index in [1.165, 1.54) is 4.90 Å². The van der Waals surface area contributed by atoms with Crippen molar-refractivity contribution < 1.29 is 23.8 Å².